The van der Waals surface area contributed by atoms with Gasteiger partial charge in [-0.1, -0.05) is 6.07 Å². The largest absolute Gasteiger partial charge is 0.462 e. The van der Waals surface area contributed by atoms with Gasteiger partial charge in [-0.3, -0.25) is 5.10 Å². The number of pyridine rings is 1. The summed E-state index contributed by atoms with van der Waals surface area (Å²) in [5, 5.41) is 5.89. The van der Waals surface area contributed by atoms with Gasteiger partial charge in [0, 0.05) is 32.4 Å². The van der Waals surface area contributed by atoms with Crippen LogP contribution in [0.2, 0.25) is 0 Å². The van der Waals surface area contributed by atoms with E-state index in [1.165, 1.54) is 10.5 Å². The summed E-state index contributed by atoms with van der Waals surface area (Å²) in [6.07, 6.45) is 2.88. The lowest BCUT2D eigenvalue weighted by atomic mass is 10.3. The fraction of sp³-hybridized carbons (Fsp3) is 0.400. The minimum atomic E-state index is -3.85. The van der Waals surface area contributed by atoms with Crippen LogP contribution in [0.3, 0.4) is 0 Å². The Balaban J connectivity index is 1.75. The first-order chi connectivity index (χ1) is 12.0. The number of nitrogens with zero attached hydrogens (tertiary/aromatic N) is 4. The van der Waals surface area contributed by atoms with Crippen molar-refractivity contribution in [2.75, 3.05) is 37.7 Å². The highest BCUT2D eigenvalue weighted by Crippen LogP contribution is 2.21. The lowest BCUT2D eigenvalue weighted by Crippen LogP contribution is -2.49. The fourth-order valence-corrected chi connectivity index (χ4v) is 4.14. The van der Waals surface area contributed by atoms with Crippen LogP contribution in [0, 0.1) is 0 Å². The Morgan fingerprint density at radius 2 is 2.04 bits per heavy atom. The molecule has 9 nitrogen and oxygen atoms in total. The van der Waals surface area contributed by atoms with E-state index in [4.69, 9.17) is 4.74 Å². The Bertz CT molecular complexity index is 829. The normalized spacial score (nSPS) is 16.0. The quantitative estimate of drug-likeness (QED) is 0.768. The number of rotatable bonds is 5. The zero-order valence-electron chi connectivity index (χ0n) is 13.8. The Hall–Kier alpha value is -2.46. The number of aromatic amines is 1. The van der Waals surface area contributed by atoms with Gasteiger partial charge in [0.05, 0.1) is 12.8 Å². The summed E-state index contributed by atoms with van der Waals surface area (Å²) >= 11 is 0. The van der Waals surface area contributed by atoms with E-state index < -0.39 is 16.0 Å². The molecular formula is C15H19N5O4S. The van der Waals surface area contributed by atoms with Gasteiger partial charge in [-0.15, -0.1) is 0 Å². The van der Waals surface area contributed by atoms with Crippen LogP contribution in [0.1, 0.15) is 17.3 Å². The molecule has 0 amide bonds. The number of sulfonamides is 1. The van der Waals surface area contributed by atoms with Crippen LogP contribution < -0.4 is 4.90 Å². The molecule has 0 unspecified atom stereocenters. The number of esters is 1. The van der Waals surface area contributed by atoms with E-state index in [9.17, 15) is 13.2 Å². The van der Waals surface area contributed by atoms with E-state index in [1.54, 1.807) is 13.1 Å². The molecule has 2 aromatic rings. The number of hydrogen-bond acceptors (Lipinski definition) is 7. The van der Waals surface area contributed by atoms with E-state index >= 15 is 0 Å². The molecule has 1 fully saturated rings. The zero-order valence-corrected chi connectivity index (χ0v) is 14.6. The standard InChI is InChI=1S/C15H19N5O4S/c1-2-24-15(21)12-11-17-18-14(12)25(22,23)20-9-7-19(8-10-20)13-5-3-4-6-16-13/h3-6,11H,2,7-10H2,1H3,(H,17,18). The predicted molar refractivity (Wildman–Crippen MR) is 89.8 cm³/mol. The molecule has 10 heteroatoms. The maximum Gasteiger partial charge on any atom is 0.342 e. The van der Waals surface area contributed by atoms with Gasteiger partial charge in [0.2, 0.25) is 0 Å². The summed E-state index contributed by atoms with van der Waals surface area (Å²) in [7, 11) is -3.85. The third kappa shape index (κ3) is 3.49. The Labute approximate surface area is 145 Å². The topological polar surface area (TPSA) is 108 Å². The molecule has 1 aliphatic rings. The van der Waals surface area contributed by atoms with Crippen LogP contribution in [0.5, 0.6) is 0 Å². The molecule has 25 heavy (non-hydrogen) atoms. The maximum atomic E-state index is 12.8. The van der Waals surface area contributed by atoms with Crippen LogP contribution in [-0.2, 0) is 14.8 Å². The van der Waals surface area contributed by atoms with E-state index in [0.717, 1.165) is 5.82 Å². The minimum absolute atomic E-state index is 0.0750. The van der Waals surface area contributed by atoms with Crippen molar-refractivity contribution in [1.82, 2.24) is 19.5 Å². The number of aromatic nitrogens is 3. The molecule has 1 N–H and O–H groups in total. The number of ether oxygens (including phenoxy) is 1. The van der Waals surface area contributed by atoms with Crippen molar-refractivity contribution in [3.05, 3.63) is 36.2 Å². The third-order valence-electron chi connectivity index (χ3n) is 3.91. The summed E-state index contributed by atoms with van der Waals surface area (Å²) in [5.74, 6) is 0.107. The van der Waals surface area contributed by atoms with E-state index in [0.29, 0.717) is 26.2 Å². The second kappa shape index (κ2) is 7.19. The van der Waals surface area contributed by atoms with Crippen molar-refractivity contribution in [3.8, 4) is 0 Å². The van der Waals surface area contributed by atoms with E-state index in [1.807, 2.05) is 23.1 Å². The number of H-pyrrole nitrogens is 1. The number of carbonyl (C=O) groups is 1. The Morgan fingerprint density at radius 3 is 2.68 bits per heavy atom. The van der Waals surface area contributed by atoms with E-state index in [2.05, 4.69) is 15.2 Å². The number of carbonyl (C=O) groups excluding carboxylic acids is 1. The highest BCUT2D eigenvalue weighted by atomic mass is 32.2. The summed E-state index contributed by atoms with van der Waals surface area (Å²) in [4.78, 5) is 18.2. The molecule has 3 heterocycles. The smallest absolute Gasteiger partial charge is 0.342 e. The first-order valence-corrected chi connectivity index (χ1v) is 9.34. The van der Waals surface area contributed by atoms with Gasteiger partial charge in [-0.25, -0.2) is 18.2 Å². The van der Waals surface area contributed by atoms with Crippen LogP contribution >= 0.6 is 0 Å². The van der Waals surface area contributed by atoms with Crippen molar-refractivity contribution in [3.63, 3.8) is 0 Å². The lowest BCUT2D eigenvalue weighted by molar-refractivity contribution is 0.0521. The average Bonchev–Trinajstić information content (AvgIpc) is 3.14. The Morgan fingerprint density at radius 1 is 1.28 bits per heavy atom. The van der Waals surface area contributed by atoms with Gasteiger partial charge >= 0.3 is 5.97 Å². The van der Waals surface area contributed by atoms with Crippen molar-refractivity contribution in [1.29, 1.82) is 0 Å². The fourth-order valence-electron chi connectivity index (χ4n) is 2.65. The number of nitrogens with one attached hydrogen (secondary N) is 1. The van der Waals surface area contributed by atoms with Gasteiger partial charge < -0.3 is 9.64 Å². The van der Waals surface area contributed by atoms with Crippen LogP contribution in [-0.4, -0.2) is 66.7 Å². The zero-order chi connectivity index (χ0) is 17.9. The first kappa shape index (κ1) is 17.4. The first-order valence-electron chi connectivity index (χ1n) is 7.90. The molecule has 0 bridgehead atoms. The highest BCUT2D eigenvalue weighted by Gasteiger charge is 2.34. The van der Waals surface area contributed by atoms with Crippen molar-refractivity contribution in [2.24, 2.45) is 0 Å². The molecule has 0 atom stereocenters. The molecule has 1 aliphatic heterocycles. The molecule has 0 saturated carbocycles. The van der Waals surface area contributed by atoms with Crippen molar-refractivity contribution in [2.45, 2.75) is 11.9 Å². The monoisotopic (exact) mass is 365 g/mol. The maximum absolute atomic E-state index is 12.8. The molecular weight excluding hydrogens is 346 g/mol. The second-order valence-electron chi connectivity index (χ2n) is 5.41. The summed E-state index contributed by atoms with van der Waals surface area (Å²) in [6.45, 7) is 3.42. The van der Waals surface area contributed by atoms with Crippen LogP contribution in [0.15, 0.2) is 35.6 Å². The predicted octanol–water partition coefficient (Wildman–Crippen LogP) is 0.492. The highest BCUT2D eigenvalue weighted by molar-refractivity contribution is 7.89. The molecule has 0 aromatic carbocycles. The molecule has 0 aliphatic carbocycles. The minimum Gasteiger partial charge on any atom is -0.462 e. The average molecular weight is 365 g/mol. The van der Waals surface area contributed by atoms with Gasteiger partial charge in [-0.2, -0.15) is 9.40 Å². The van der Waals surface area contributed by atoms with Gasteiger partial charge in [-0.05, 0) is 19.1 Å². The van der Waals surface area contributed by atoms with Crippen LogP contribution in [0.25, 0.3) is 0 Å². The third-order valence-corrected chi connectivity index (χ3v) is 5.78. The molecule has 1 saturated heterocycles. The number of anilines is 1. The molecule has 0 radical (unpaired) electrons. The molecule has 134 valence electrons. The number of hydrogen-bond donors (Lipinski definition) is 1. The Kier molecular flexibility index (Phi) is 5.00. The molecule has 3 rings (SSSR count). The van der Waals surface area contributed by atoms with E-state index in [-0.39, 0.29) is 17.2 Å². The SMILES string of the molecule is CCOC(=O)c1cn[nH]c1S(=O)(=O)N1CCN(c2ccccn2)CC1. The summed E-state index contributed by atoms with van der Waals surface area (Å²) in [5.41, 5.74) is -0.0750. The van der Waals surface area contributed by atoms with Crippen molar-refractivity contribution >= 4 is 21.8 Å². The summed E-state index contributed by atoms with van der Waals surface area (Å²) < 4.78 is 31.9. The summed E-state index contributed by atoms with van der Waals surface area (Å²) in [6, 6.07) is 5.61. The van der Waals surface area contributed by atoms with Gasteiger partial charge in [0.1, 0.15) is 11.4 Å². The lowest BCUT2D eigenvalue weighted by Gasteiger charge is -2.34. The van der Waals surface area contributed by atoms with Gasteiger partial charge in [0.25, 0.3) is 10.0 Å². The molecule has 0 spiro atoms. The van der Waals surface area contributed by atoms with Gasteiger partial charge in [0.15, 0.2) is 5.03 Å². The second-order valence-corrected chi connectivity index (χ2v) is 7.29. The molecule has 2 aromatic heterocycles. The van der Waals surface area contributed by atoms with Crippen LogP contribution in [0.4, 0.5) is 5.82 Å². The van der Waals surface area contributed by atoms with Crippen molar-refractivity contribution < 1.29 is 17.9 Å². The number of piperazine rings is 1.